The van der Waals surface area contributed by atoms with E-state index in [1.165, 1.54) is 11.8 Å². The Kier molecular flexibility index (Phi) is 5.21. The van der Waals surface area contributed by atoms with Crippen LogP contribution in [0.5, 0.6) is 11.5 Å². The fraction of sp³-hybridized carbons (Fsp3) is 0.250. The summed E-state index contributed by atoms with van der Waals surface area (Å²) in [5.74, 6) is 1.21. The Morgan fingerprint density at radius 2 is 1.96 bits per heavy atom. The van der Waals surface area contributed by atoms with Gasteiger partial charge in [-0.25, -0.2) is 0 Å². The van der Waals surface area contributed by atoms with Gasteiger partial charge in [-0.1, -0.05) is 30.0 Å². The summed E-state index contributed by atoms with van der Waals surface area (Å²) in [6.45, 7) is 4.91. The number of fused-ring (bicyclic) bond motifs is 1. The number of carbonyl (C=O) groups excluding carboxylic acids is 1. The number of ether oxygens (including phenoxy) is 2. The van der Waals surface area contributed by atoms with E-state index in [4.69, 9.17) is 9.47 Å². The maximum Gasteiger partial charge on any atom is 0.237 e. The summed E-state index contributed by atoms with van der Waals surface area (Å²) in [5.41, 5.74) is 2.77. The number of nitrogens with one attached hydrogen (secondary N) is 1. The highest BCUT2D eigenvalue weighted by molar-refractivity contribution is 8.00. The summed E-state index contributed by atoms with van der Waals surface area (Å²) in [7, 11) is 0. The third-order valence-corrected chi connectivity index (χ3v) is 5.41. The molecule has 1 aliphatic heterocycles. The van der Waals surface area contributed by atoms with Crippen molar-refractivity contribution in [2.45, 2.75) is 24.3 Å². The maximum absolute atomic E-state index is 12.7. The Hall–Kier alpha value is -3.00. The Balaban J connectivity index is 1.46. The SMILES string of the molecule is Cc1ccccc1-n1cnnc1S[C@H](C)C(=O)Nc1ccc2c(c1)OCCO2. The van der Waals surface area contributed by atoms with Gasteiger partial charge in [0.05, 0.1) is 10.9 Å². The van der Waals surface area contributed by atoms with Gasteiger partial charge in [0.1, 0.15) is 19.5 Å². The number of thioether (sulfide) groups is 1. The van der Waals surface area contributed by atoms with Crippen LogP contribution in [0.1, 0.15) is 12.5 Å². The molecule has 0 saturated heterocycles. The summed E-state index contributed by atoms with van der Waals surface area (Å²) in [5, 5.41) is 11.4. The number of hydrogen-bond donors (Lipinski definition) is 1. The number of anilines is 1. The van der Waals surface area contributed by atoms with Gasteiger partial charge < -0.3 is 14.8 Å². The van der Waals surface area contributed by atoms with E-state index in [-0.39, 0.29) is 11.2 Å². The maximum atomic E-state index is 12.7. The second-order valence-corrected chi connectivity index (χ2v) is 7.69. The average Bonchev–Trinajstić information content (AvgIpc) is 3.16. The zero-order chi connectivity index (χ0) is 19.5. The quantitative estimate of drug-likeness (QED) is 0.666. The molecule has 144 valence electrons. The Morgan fingerprint density at radius 1 is 1.18 bits per heavy atom. The molecule has 2 heterocycles. The molecular formula is C20H20N4O3S. The molecule has 0 radical (unpaired) electrons. The van der Waals surface area contributed by atoms with Gasteiger partial charge in [-0.2, -0.15) is 0 Å². The lowest BCUT2D eigenvalue weighted by Gasteiger charge is -2.19. The summed E-state index contributed by atoms with van der Waals surface area (Å²) >= 11 is 1.36. The molecule has 0 aliphatic carbocycles. The van der Waals surface area contributed by atoms with E-state index >= 15 is 0 Å². The van der Waals surface area contributed by atoms with Crippen molar-refractivity contribution in [3.63, 3.8) is 0 Å². The summed E-state index contributed by atoms with van der Waals surface area (Å²) in [4.78, 5) is 12.7. The number of aromatic nitrogens is 3. The van der Waals surface area contributed by atoms with Gasteiger partial charge >= 0.3 is 0 Å². The number of carbonyl (C=O) groups is 1. The van der Waals surface area contributed by atoms with Crippen molar-refractivity contribution in [1.82, 2.24) is 14.8 Å². The van der Waals surface area contributed by atoms with Crippen LogP contribution in [0.25, 0.3) is 5.69 Å². The lowest BCUT2D eigenvalue weighted by atomic mass is 10.2. The molecule has 4 rings (SSSR count). The highest BCUT2D eigenvalue weighted by Gasteiger charge is 2.20. The molecule has 0 fully saturated rings. The topological polar surface area (TPSA) is 78.3 Å². The number of rotatable bonds is 5. The molecule has 0 spiro atoms. The Bertz CT molecular complexity index is 1000. The smallest absolute Gasteiger partial charge is 0.237 e. The van der Waals surface area contributed by atoms with Gasteiger partial charge in [0, 0.05) is 11.8 Å². The van der Waals surface area contributed by atoms with Crippen LogP contribution >= 0.6 is 11.8 Å². The minimum atomic E-state index is -0.361. The second-order valence-electron chi connectivity index (χ2n) is 6.38. The molecule has 7 nitrogen and oxygen atoms in total. The van der Waals surface area contributed by atoms with Crippen LogP contribution in [-0.2, 0) is 4.79 Å². The Morgan fingerprint density at radius 3 is 2.79 bits per heavy atom. The van der Waals surface area contributed by atoms with Crippen LogP contribution in [0, 0.1) is 6.92 Å². The minimum absolute atomic E-state index is 0.124. The van der Waals surface area contributed by atoms with Crippen molar-refractivity contribution in [2.75, 3.05) is 18.5 Å². The molecule has 2 aromatic carbocycles. The van der Waals surface area contributed by atoms with Gasteiger partial charge in [-0.15, -0.1) is 10.2 Å². The number of nitrogens with zero attached hydrogens (tertiary/aromatic N) is 3. The largest absolute Gasteiger partial charge is 0.486 e. The lowest BCUT2D eigenvalue weighted by molar-refractivity contribution is -0.115. The fourth-order valence-electron chi connectivity index (χ4n) is 2.88. The van der Waals surface area contributed by atoms with E-state index in [1.54, 1.807) is 24.5 Å². The highest BCUT2D eigenvalue weighted by Crippen LogP contribution is 2.33. The molecule has 8 heteroatoms. The first kappa shape index (κ1) is 18.4. The van der Waals surface area contributed by atoms with Gasteiger partial charge in [0.15, 0.2) is 16.7 Å². The second kappa shape index (κ2) is 7.93. The number of aryl methyl sites for hydroxylation is 1. The van der Waals surface area contributed by atoms with Crippen LogP contribution in [0.4, 0.5) is 5.69 Å². The molecule has 1 N–H and O–H groups in total. The third-order valence-electron chi connectivity index (χ3n) is 4.35. The first-order chi connectivity index (χ1) is 13.6. The van der Waals surface area contributed by atoms with Crippen LogP contribution in [0.15, 0.2) is 53.9 Å². The first-order valence-corrected chi connectivity index (χ1v) is 9.83. The zero-order valence-corrected chi connectivity index (χ0v) is 16.4. The highest BCUT2D eigenvalue weighted by atomic mass is 32.2. The van der Waals surface area contributed by atoms with Gasteiger partial charge in [0.2, 0.25) is 5.91 Å². The van der Waals surface area contributed by atoms with Gasteiger partial charge in [-0.3, -0.25) is 9.36 Å². The van der Waals surface area contributed by atoms with Crippen LogP contribution in [0.2, 0.25) is 0 Å². The van der Waals surface area contributed by atoms with E-state index in [0.29, 0.717) is 35.6 Å². The van der Waals surface area contributed by atoms with Crippen molar-refractivity contribution in [2.24, 2.45) is 0 Å². The first-order valence-electron chi connectivity index (χ1n) is 8.95. The predicted octanol–water partition coefficient (Wildman–Crippen LogP) is 3.47. The molecule has 3 aromatic rings. The van der Waals surface area contributed by atoms with Crippen LogP contribution < -0.4 is 14.8 Å². The average molecular weight is 396 g/mol. The fourth-order valence-corrected chi connectivity index (χ4v) is 3.72. The third kappa shape index (κ3) is 3.82. The molecular weight excluding hydrogens is 376 g/mol. The van der Waals surface area contributed by atoms with Crippen LogP contribution in [0.3, 0.4) is 0 Å². The minimum Gasteiger partial charge on any atom is -0.486 e. The number of para-hydroxylation sites is 1. The van der Waals surface area contributed by atoms with Crippen molar-refractivity contribution in [3.8, 4) is 17.2 Å². The van der Waals surface area contributed by atoms with Gasteiger partial charge in [0.25, 0.3) is 0 Å². The molecule has 0 bridgehead atoms. The van der Waals surface area contributed by atoms with Crippen molar-refractivity contribution in [1.29, 1.82) is 0 Å². The van der Waals surface area contributed by atoms with E-state index in [0.717, 1.165) is 11.3 Å². The molecule has 0 saturated carbocycles. The summed E-state index contributed by atoms with van der Waals surface area (Å²) in [6, 6.07) is 13.4. The molecule has 1 aromatic heterocycles. The van der Waals surface area contributed by atoms with E-state index in [9.17, 15) is 4.79 Å². The zero-order valence-electron chi connectivity index (χ0n) is 15.6. The summed E-state index contributed by atoms with van der Waals surface area (Å²) in [6.07, 6.45) is 1.66. The predicted molar refractivity (Wildman–Crippen MR) is 107 cm³/mol. The van der Waals surface area contributed by atoms with E-state index < -0.39 is 0 Å². The number of hydrogen-bond acceptors (Lipinski definition) is 6. The molecule has 0 unspecified atom stereocenters. The van der Waals surface area contributed by atoms with Crippen LogP contribution in [-0.4, -0.2) is 39.1 Å². The molecule has 1 aliphatic rings. The standard InChI is InChI=1S/C20H20N4O3S/c1-13-5-3-4-6-16(13)24-12-21-23-20(24)28-14(2)19(25)22-15-7-8-17-18(11-15)27-10-9-26-17/h3-8,11-12,14H,9-10H2,1-2H3,(H,22,25)/t14-/m1/s1. The number of benzene rings is 2. The number of amides is 1. The van der Waals surface area contributed by atoms with E-state index in [1.807, 2.05) is 42.7 Å². The molecule has 1 atom stereocenters. The normalized spacial score (nSPS) is 13.8. The van der Waals surface area contributed by atoms with E-state index in [2.05, 4.69) is 15.5 Å². The van der Waals surface area contributed by atoms with Crippen molar-refractivity contribution >= 4 is 23.4 Å². The van der Waals surface area contributed by atoms with Gasteiger partial charge in [-0.05, 0) is 37.6 Å². The lowest BCUT2D eigenvalue weighted by Crippen LogP contribution is -2.23. The molecule has 1 amide bonds. The Labute approximate surface area is 167 Å². The molecule has 28 heavy (non-hydrogen) atoms. The van der Waals surface area contributed by atoms with Crippen molar-refractivity contribution in [3.05, 3.63) is 54.4 Å². The summed E-state index contributed by atoms with van der Waals surface area (Å²) < 4.78 is 13.0. The monoisotopic (exact) mass is 396 g/mol. The van der Waals surface area contributed by atoms with Crippen molar-refractivity contribution < 1.29 is 14.3 Å².